The van der Waals surface area contributed by atoms with Gasteiger partial charge in [0.1, 0.15) is 16.1 Å². The van der Waals surface area contributed by atoms with Gasteiger partial charge in [0, 0.05) is 22.3 Å². The van der Waals surface area contributed by atoms with Crippen molar-refractivity contribution >= 4 is 70.4 Å². The van der Waals surface area contributed by atoms with Crippen molar-refractivity contribution in [3.8, 4) is 45.2 Å². The largest absolute Gasteiger partial charge is 0.146 e. The molecule has 0 nitrogen and oxygen atoms in total. The fourth-order valence-electron chi connectivity index (χ4n) is 12.5. The van der Waals surface area contributed by atoms with E-state index >= 15 is 0 Å². The van der Waals surface area contributed by atoms with E-state index in [0.29, 0.717) is 33.2 Å². The fraction of sp³-hybridized carbons (Fsp3) is 0.310. The van der Waals surface area contributed by atoms with Crippen LogP contribution in [0.1, 0.15) is 94.2 Å². The van der Waals surface area contributed by atoms with Crippen LogP contribution in [0.2, 0.25) is 33.2 Å². The zero-order chi connectivity index (χ0) is 42.4. The highest BCUT2D eigenvalue weighted by atomic mass is 28.3. The van der Waals surface area contributed by atoms with Crippen LogP contribution in [0.15, 0.2) is 109 Å². The van der Waals surface area contributed by atoms with Gasteiger partial charge in [-0.05, 0) is 121 Å². The van der Waals surface area contributed by atoms with Gasteiger partial charge in [0.05, 0.1) is 0 Å². The third-order valence-corrected chi connectivity index (χ3v) is 27.7. The summed E-state index contributed by atoms with van der Waals surface area (Å²) < 4.78 is 0. The van der Waals surface area contributed by atoms with Crippen molar-refractivity contribution < 1.29 is 0 Å². The molecular formula is C58H60Si2. The first-order chi connectivity index (χ1) is 28.7. The Labute approximate surface area is 360 Å². The average molecular weight is 813 g/mol. The van der Waals surface area contributed by atoms with Crippen molar-refractivity contribution in [3.63, 3.8) is 0 Å². The van der Waals surface area contributed by atoms with Gasteiger partial charge in [0.25, 0.3) is 0 Å². The van der Waals surface area contributed by atoms with Crippen LogP contribution in [0.3, 0.4) is 0 Å². The second kappa shape index (κ2) is 14.8. The molecule has 0 atom stereocenters. The monoisotopic (exact) mass is 812 g/mol. The summed E-state index contributed by atoms with van der Waals surface area (Å²) >= 11 is 0. The van der Waals surface area contributed by atoms with Gasteiger partial charge in [-0.25, -0.2) is 0 Å². The summed E-state index contributed by atoms with van der Waals surface area (Å²) in [6, 6.07) is 41.3. The van der Waals surface area contributed by atoms with Gasteiger partial charge < -0.3 is 0 Å². The van der Waals surface area contributed by atoms with Crippen LogP contribution < -0.4 is 10.4 Å². The Morgan fingerprint density at radius 3 is 0.800 bits per heavy atom. The molecule has 300 valence electrons. The van der Waals surface area contributed by atoms with E-state index < -0.39 is 16.1 Å². The minimum Gasteiger partial charge on any atom is -0.125 e. The Kier molecular flexibility index (Phi) is 9.94. The SMILES string of the molecule is CC(C)[Si](C#CC1=c2cc3c(cc2-c2c1c1ccccc1c1ccccc21)=C(C#C[Si](C(C)C)(C(C)C)C(C)C)c1c-3c2ccccc2c2ccccc12)(C(C)C)C(C)C. The highest BCUT2D eigenvalue weighted by Crippen LogP contribution is 2.49. The van der Waals surface area contributed by atoms with E-state index in [9.17, 15) is 0 Å². The molecule has 7 aromatic rings. The summed E-state index contributed by atoms with van der Waals surface area (Å²) in [5.74, 6) is 8.22. The average Bonchev–Trinajstić information content (AvgIpc) is 3.72. The molecule has 0 saturated heterocycles. The second-order valence-electron chi connectivity index (χ2n) is 19.7. The van der Waals surface area contributed by atoms with E-state index in [1.807, 2.05) is 0 Å². The fourth-order valence-corrected chi connectivity index (χ4v) is 22.9. The Morgan fingerprint density at radius 2 is 0.550 bits per heavy atom. The molecule has 0 radical (unpaired) electrons. The highest BCUT2D eigenvalue weighted by molar-refractivity contribution is 6.91. The van der Waals surface area contributed by atoms with Crippen LogP contribution in [0.25, 0.3) is 76.5 Å². The third kappa shape index (κ3) is 5.64. The van der Waals surface area contributed by atoms with Crippen LogP contribution in [-0.4, -0.2) is 16.1 Å². The summed E-state index contributed by atoms with van der Waals surface area (Å²) in [6.45, 7) is 29.1. The van der Waals surface area contributed by atoms with Gasteiger partial charge in [0.2, 0.25) is 0 Å². The van der Waals surface area contributed by atoms with Crippen molar-refractivity contribution in [1.29, 1.82) is 0 Å². The Morgan fingerprint density at radius 1 is 0.317 bits per heavy atom. The maximum absolute atomic E-state index is 4.21. The predicted octanol–water partition coefficient (Wildman–Crippen LogP) is 15.1. The second-order valence-corrected chi connectivity index (χ2v) is 30.8. The molecule has 7 aromatic carbocycles. The first kappa shape index (κ1) is 40.3. The normalized spacial score (nSPS) is 13.6. The molecule has 2 aliphatic carbocycles. The van der Waals surface area contributed by atoms with Crippen molar-refractivity contribution in [2.75, 3.05) is 0 Å². The minimum atomic E-state index is -2.07. The zero-order valence-corrected chi connectivity index (χ0v) is 39.9. The molecule has 0 fully saturated rings. The molecule has 0 unspecified atom stereocenters. The molecule has 0 aliphatic heterocycles. The summed E-state index contributed by atoms with van der Waals surface area (Å²) in [7, 11) is -4.14. The minimum absolute atomic E-state index is 0.541. The maximum atomic E-state index is 4.21. The van der Waals surface area contributed by atoms with E-state index in [1.54, 1.807) is 0 Å². The van der Waals surface area contributed by atoms with Gasteiger partial charge in [0.15, 0.2) is 0 Å². The van der Waals surface area contributed by atoms with Crippen molar-refractivity contribution in [3.05, 3.63) is 131 Å². The summed E-state index contributed by atoms with van der Waals surface area (Å²) in [5, 5.41) is 12.9. The van der Waals surface area contributed by atoms with Crippen molar-refractivity contribution in [2.45, 2.75) is 116 Å². The molecule has 0 spiro atoms. The lowest BCUT2D eigenvalue weighted by Gasteiger charge is -2.38. The number of benzene rings is 7. The molecule has 0 saturated carbocycles. The molecule has 0 N–H and O–H groups in total. The standard InChI is InChI=1S/C58H60Si2/c1-35(2)59(36(3)4,37(5)6)31-29-49-51-33-54-52(34-53(51)57-47-27-19-15-23-43(47)41-21-13-17-25-45(41)55(49)57)50(30-32-60(38(7)8,39(9)10)40(11)12)56-46-26-18-14-22-42(46)44-24-16-20-28-48(44)58(54)56/h13-28,33-40H,1-12H3. The number of hydrogen-bond donors (Lipinski definition) is 0. The molecule has 0 bridgehead atoms. The number of hydrogen-bond acceptors (Lipinski definition) is 0. The van der Waals surface area contributed by atoms with E-state index in [-0.39, 0.29) is 0 Å². The molecule has 2 heteroatoms. The Hall–Kier alpha value is -5.13. The summed E-state index contributed by atoms with van der Waals surface area (Å²) in [5.41, 5.74) is 21.9. The molecule has 0 amide bonds. The van der Waals surface area contributed by atoms with Crippen LogP contribution in [-0.2, 0) is 0 Å². The van der Waals surface area contributed by atoms with Gasteiger partial charge in [-0.15, -0.1) is 11.1 Å². The van der Waals surface area contributed by atoms with Crippen LogP contribution in [0, 0.1) is 22.9 Å². The molecule has 0 heterocycles. The molecule has 2 aliphatic rings. The van der Waals surface area contributed by atoms with E-state index in [2.05, 4.69) is 215 Å². The van der Waals surface area contributed by atoms with Crippen molar-refractivity contribution in [1.82, 2.24) is 0 Å². The molecule has 60 heavy (non-hydrogen) atoms. The van der Waals surface area contributed by atoms with Crippen molar-refractivity contribution in [2.24, 2.45) is 0 Å². The van der Waals surface area contributed by atoms with Gasteiger partial charge in [-0.2, -0.15) is 0 Å². The van der Waals surface area contributed by atoms with Gasteiger partial charge in [-0.3, -0.25) is 0 Å². The first-order valence-corrected chi connectivity index (χ1v) is 27.1. The van der Waals surface area contributed by atoms with Gasteiger partial charge >= 0.3 is 0 Å². The predicted molar refractivity (Wildman–Crippen MR) is 269 cm³/mol. The van der Waals surface area contributed by atoms with E-state index in [4.69, 9.17) is 0 Å². The lowest BCUT2D eigenvalue weighted by Crippen LogP contribution is -2.43. The first-order valence-electron chi connectivity index (χ1n) is 22.6. The van der Waals surface area contributed by atoms with Crippen LogP contribution in [0.5, 0.6) is 0 Å². The molecule has 0 aromatic heterocycles. The Bertz CT molecular complexity index is 2920. The van der Waals surface area contributed by atoms with E-state index in [1.165, 1.54) is 98.1 Å². The lowest BCUT2D eigenvalue weighted by molar-refractivity contribution is 0.838. The third-order valence-electron chi connectivity index (χ3n) is 15.1. The van der Waals surface area contributed by atoms with Crippen LogP contribution >= 0.6 is 0 Å². The molecule has 9 rings (SSSR count). The topological polar surface area (TPSA) is 0 Å². The summed E-state index contributed by atoms with van der Waals surface area (Å²) in [4.78, 5) is 0. The van der Waals surface area contributed by atoms with Gasteiger partial charge in [-0.1, -0.05) is 192 Å². The maximum Gasteiger partial charge on any atom is 0.146 e. The smallest absolute Gasteiger partial charge is 0.125 e. The lowest BCUT2D eigenvalue weighted by atomic mass is 9.89. The summed E-state index contributed by atoms with van der Waals surface area (Å²) in [6.07, 6.45) is 0. The highest BCUT2D eigenvalue weighted by Gasteiger charge is 2.43. The Balaban J connectivity index is 1.52. The zero-order valence-electron chi connectivity index (χ0n) is 37.9. The number of rotatable bonds is 6. The van der Waals surface area contributed by atoms with Crippen LogP contribution in [0.4, 0.5) is 0 Å². The quantitative estimate of drug-likeness (QED) is 0.0891. The molecular weight excluding hydrogens is 753 g/mol. The number of fused-ring (bicyclic) bond motifs is 16. The van der Waals surface area contributed by atoms with E-state index in [0.717, 1.165) is 0 Å².